The number of carbonyl (C=O) groups excluding carboxylic acids is 1. The summed E-state index contributed by atoms with van der Waals surface area (Å²) < 4.78 is 0. The second kappa shape index (κ2) is 11.0. The largest absolute Gasteiger partial charge is 0.309 e. The monoisotopic (exact) mass is 300 g/mol. The minimum absolute atomic E-state index is 0.289. The van der Waals surface area contributed by atoms with Crippen molar-refractivity contribution >= 4 is 5.91 Å². The first-order chi connectivity index (χ1) is 9.79. The lowest BCUT2D eigenvalue weighted by molar-refractivity contribution is -0.142. The molecule has 0 N–H and O–H groups in total. The van der Waals surface area contributed by atoms with E-state index in [9.17, 15) is 4.79 Å². The third kappa shape index (κ3) is 9.06. The highest BCUT2D eigenvalue weighted by Gasteiger charge is 2.31. The Morgan fingerprint density at radius 1 is 1.05 bits per heavy atom. The first kappa shape index (κ1) is 20.3. The van der Waals surface area contributed by atoms with Crippen molar-refractivity contribution in [3.63, 3.8) is 0 Å². The average molecular weight is 300 g/mol. The molecule has 0 aromatic heterocycles. The summed E-state index contributed by atoms with van der Waals surface area (Å²) >= 11 is 0. The molecule has 0 spiro atoms. The minimum atomic E-state index is 0.289. The number of hydrazine groups is 1. The van der Waals surface area contributed by atoms with Crippen LogP contribution in [0.15, 0.2) is 0 Å². The van der Waals surface area contributed by atoms with Crippen LogP contribution in [0.3, 0.4) is 0 Å². The molecule has 0 bridgehead atoms. The van der Waals surface area contributed by atoms with Gasteiger partial charge in [0.05, 0.1) is 0 Å². The number of carbonyl (C=O) groups is 1. The van der Waals surface area contributed by atoms with Gasteiger partial charge >= 0.3 is 0 Å². The maximum atomic E-state index is 11.6. The van der Waals surface area contributed by atoms with Crippen LogP contribution in [0.5, 0.6) is 0 Å². The first-order valence-corrected chi connectivity index (χ1v) is 8.07. The van der Waals surface area contributed by atoms with Gasteiger partial charge in [0, 0.05) is 26.6 Å². The molecule has 21 heavy (non-hydrogen) atoms. The summed E-state index contributed by atoms with van der Waals surface area (Å²) in [5, 5.41) is 3.72. The molecule has 126 valence electrons. The van der Waals surface area contributed by atoms with Gasteiger partial charge in [0.15, 0.2) is 0 Å². The highest BCUT2D eigenvalue weighted by atomic mass is 16.2. The van der Waals surface area contributed by atoms with Crippen LogP contribution in [0, 0.1) is 5.92 Å². The predicted molar refractivity (Wildman–Crippen MR) is 90.1 cm³/mol. The summed E-state index contributed by atoms with van der Waals surface area (Å²) in [6.45, 7) is 5.42. The molecule has 1 aliphatic rings. The predicted octanol–water partition coefficient (Wildman–Crippen LogP) is 1.61. The van der Waals surface area contributed by atoms with Crippen LogP contribution in [0.4, 0.5) is 0 Å². The van der Waals surface area contributed by atoms with Crippen LogP contribution < -0.4 is 0 Å². The van der Waals surface area contributed by atoms with Crippen molar-refractivity contribution in [1.82, 2.24) is 19.8 Å². The lowest BCUT2D eigenvalue weighted by Gasteiger charge is -2.23. The van der Waals surface area contributed by atoms with E-state index in [1.165, 1.54) is 19.5 Å². The maximum absolute atomic E-state index is 11.6. The van der Waals surface area contributed by atoms with Crippen molar-refractivity contribution in [3.8, 4) is 0 Å². The summed E-state index contributed by atoms with van der Waals surface area (Å²) in [7, 11) is 12.3. The molecule has 1 aliphatic heterocycles. The van der Waals surface area contributed by atoms with Gasteiger partial charge in [0.2, 0.25) is 5.91 Å². The smallest absolute Gasteiger partial charge is 0.240 e. The van der Waals surface area contributed by atoms with Crippen molar-refractivity contribution in [3.05, 3.63) is 0 Å². The van der Waals surface area contributed by atoms with E-state index in [1.807, 2.05) is 24.1 Å². The molecular weight excluding hydrogens is 264 g/mol. The van der Waals surface area contributed by atoms with Gasteiger partial charge in [0.1, 0.15) is 0 Å². The standard InChI is InChI=1S/C9H18N2O.C7H18N2/c1-4-5-8-6-7-11(9(8)12)10(2)3;1-8(2)6-5-7-9(3)4/h8H,4-7H2,1-3H3;5-7H2,1-4H3. The quantitative estimate of drug-likeness (QED) is 0.714. The van der Waals surface area contributed by atoms with Gasteiger partial charge in [0.25, 0.3) is 0 Å². The zero-order chi connectivity index (χ0) is 16.4. The number of hydrogen-bond acceptors (Lipinski definition) is 4. The SMILES string of the molecule is CCCC1CCN(N(C)C)C1=O.CN(C)CCCN(C)C. The Morgan fingerprint density at radius 3 is 1.90 bits per heavy atom. The van der Waals surface area contributed by atoms with Crippen molar-refractivity contribution in [2.45, 2.75) is 32.6 Å². The van der Waals surface area contributed by atoms with E-state index >= 15 is 0 Å². The molecule has 1 heterocycles. The van der Waals surface area contributed by atoms with Gasteiger partial charge in [-0.25, -0.2) is 5.01 Å². The summed E-state index contributed by atoms with van der Waals surface area (Å²) in [5.41, 5.74) is 0. The third-order valence-electron chi connectivity index (χ3n) is 3.62. The Labute approximate surface area is 131 Å². The molecule has 0 radical (unpaired) electrons. The molecule has 1 unspecified atom stereocenters. The Hall–Kier alpha value is -0.650. The third-order valence-corrected chi connectivity index (χ3v) is 3.62. The Kier molecular flexibility index (Phi) is 10.6. The number of rotatable bonds is 7. The first-order valence-electron chi connectivity index (χ1n) is 8.07. The normalized spacial score (nSPS) is 18.7. The summed E-state index contributed by atoms with van der Waals surface area (Å²) in [6, 6.07) is 0. The molecule has 1 rings (SSSR count). The van der Waals surface area contributed by atoms with Crippen LogP contribution >= 0.6 is 0 Å². The molecule has 0 saturated carbocycles. The number of nitrogens with zero attached hydrogens (tertiary/aromatic N) is 4. The van der Waals surface area contributed by atoms with Gasteiger partial charge in [-0.15, -0.1) is 0 Å². The molecule has 5 nitrogen and oxygen atoms in total. The Morgan fingerprint density at radius 2 is 1.57 bits per heavy atom. The molecule has 0 aliphatic carbocycles. The van der Waals surface area contributed by atoms with Crippen molar-refractivity contribution < 1.29 is 4.79 Å². The second-order valence-corrected chi connectivity index (χ2v) is 6.54. The minimum Gasteiger partial charge on any atom is -0.309 e. The fraction of sp³-hybridized carbons (Fsp3) is 0.938. The molecular formula is C16H36N4O. The number of amides is 1. The topological polar surface area (TPSA) is 30.0 Å². The van der Waals surface area contributed by atoms with E-state index in [2.05, 4.69) is 44.9 Å². The average Bonchev–Trinajstić information content (AvgIpc) is 2.71. The molecule has 0 aromatic rings. The highest BCUT2D eigenvalue weighted by molar-refractivity contribution is 5.80. The van der Waals surface area contributed by atoms with Crippen LogP contribution in [0.2, 0.25) is 0 Å². The van der Waals surface area contributed by atoms with Crippen LogP contribution in [-0.2, 0) is 4.79 Å². The summed E-state index contributed by atoms with van der Waals surface area (Å²) in [4.78, 5) is 16.0. The van der Waals surface area contributed by atoms with E-state index < -0.39 is 0 Å². The van der Waals surface area contributed by atoms with Gasteiger partial charge < -0.3 is 9.80 Å². The van der Waals surface area contributed by atoms with Crippen LogP contribution in [0.1, 0.15) is 32.6 Å². The maximum Gasteiger partial charge on any atom is 0.240 e. The molecule has 1 saturated heterocycles. The van der Waals surface area contributed by atoms with Gasteiger partial charge in [-0.1, -0.05) is 13.3 Å². The zero-order valence-electron chi connectivity index (χ0n) is 15.2. The van der Waals surface area contributed by atoms with Crippen LogP contribution in [-0.4, -0.2) is 87.6 Å². The van der Waals surface area contributed by atoms with Crippen molar-refractivity contribution in [2.24, 2.45) is 5.92 Å². The molecule has 1 fully saturated rings. The zero-order valence-corrected chi connectivity index (χ0v) is 15.2. The lowest BCUT2D eigenvalue weighted by Crippen LogP contribution is -2.38. The van der Waals surface area contributed by atoms with E-state index in [0.29, 0.717) is 5.91 Å². The van der Waals surface area contributed by atoms with Crippen molar-refractivity contribution in [1.29, 1.82) is 0 Å². The van der Waals surface area contributed by atoms with E-state index in [0.717, 1.165) is 25.8 Å². The van der Waals surface area contributed by atoms with Gasteiger partial charge in [-0.3, -0.25) is 9.80 Å². The molecule has 1 amide bonds. The fourth-order valence-corrected chi connectivity index (χ4v) is 2.44. The molecule has 1 atom stereocenters. The van der Waals surface area contributed by atoms with E-state index in [4.69, 9.17) is 0 Å². The molecule has 0 aromatic carbocycles. The van der Waals surface area contributed by atoms with Gasteiger partial charge in [-0.05, 0) is 60.5 Å². The van der Waals surface area contributed by atoms with Crippen LogP contribution in [0.25, 0.3) is 0 Å². The van der Waals surface area contributed by atoms with Gasteiger partial charge in [-0.2, -0.15) is 0 Å². The number of hydrogen-bond donors (Lipinski definition) is 0. The highest BCUT2D eigenvalue weighted by Crippen LogP contribution is 2.22. The second-order valence-electron chi connectivity index (χ2n) is 6.54. The summed E-state index contributed by atoms with van der Waals surface area (Å²) in [5.74, 6) is 0.597. The fourth-order valence-electron chi connectivity index (χ4n) is 2.44. The summed E-state index contributed by atoms with van der Waals surface area (Å²) in [6.07, 6.45) is 4.45. The Bertz CT molecular complexity index is 271. The van der Waals surface area contributed by atoms with E-state index in [-0.39, 0.29) is 5.92 Å². The van der Waals surface area contributed by atoms with Crippen molar-refractivity contribution in [2.75, 3.05) is 61.9 Å². The lowest BCUT2D eigenvalue weighted by atomic mass is 10.0. The molecule has 5 heteroatoms. The Balaban J connectivity index is 0.000000400. The van der Waals surface area contributed by atoms with E-state index in [1.54, 1.807) is 0 Å².